The minimum Gasteiger partial charge on any atom is -0.365 e. The molecule has 2 fully saturated rings. The Balaban J connectivity index is 1.78. The molecule has 1 aliphatic heterocycles. The molecule has 116 valence electrons. The lowest BCUT2D eigenvalue weighted by atomic mass is 9.82. The van der Waals surface area contributed by atoms with Crippen molar-refractivity contribution >= 4 is 28.9 Å². The molecule has 1 saturated heterocycles. The smallest absolute Gasteiger partial charge is 0.0825 e. The molecule has 2 atom stereocenters. The quantitative estimate of drug-likeness (QED) is 0.844. The van der Waals surface area contributed by atoms with Gasteiger partial charge >= 0.3 is 0 Å². The first-order valence-electron chi connectivity index (χ1n) is 8.11. The van der Waals surface area contributed by atoms with Gasteiger partial charge in [0.25, 0.3) is 0 Å². The van der Waals surface area contributed by atoms with E-state index in [1.807, 2.05) is 12.1 Å². The molecule has 1 aromatic rings. The molecule has 1 heterocycles. The van der Waals surface area contributed by atoms with Crippen molar-refractivity contribution in [3.05, 3.63) is 28.2 Å². The number of halogens is 2. The molecule has 0 spiro atoms. The van der Waals surface area contributed by atoms with E-state index in [0.29, 0.717) is 22.1 Å². The van der Waals surface area contributed by atoms with Gasteiger partial charge in [0.05, 0.1) is 15.7 Å². The van der Waals surface area contributed by atoms with Crippen molar-refractivity contribution in [3.63, 3.8) is 0 Å². The van der Waals surface area contributed by atoms with E-state index in [-0.39, 0.29) is 0 Å². The van der Waals surface area contributed by atoms with Crippen LogP contribution in [-0.4, -0.2) is 25.2 Å². The molecule has 2 nitrogen and oxygen atoms in total. The molecule has 3 rings (SSSR count). The average molecular weight is 327 g/mol. The van der Waals surface area contributed by atoms with E-state index in [9.17, 15) is 0 Å². The molecular weight excluding hydrogens is 303 g/mol. The highest BCUT2D eigenvalue weighted by atomic mass is 35.5. The van der Waals surface area contributed by atoms with Crippen LogP contribution in [0.2, 0.25) is 10.0 Å². The van der Waals surface area contributed by atoms with Gasteiger partial charge in [-0.1, -0.05) is 48.5 Å². The fourth-order valence-electron chi connectivity index (χ4n) is 3.79. The molecule has 1 saturated carbocycles. The van der Waals surface area contributed by atoms with Crippen LogP contribution in [0.15, 0.2) is 18.2 Å². The second-order valence-corrected chi connectivity index (χ2v) is 7.27. The summed E-state index contributed by atoms with van der Waals surface area (Å²) in [6.45, 7) is 4.30. The Labute approximate surface area is 137 Å². The van der Waals surface area contributed by atoms with Gasteiger partial charge in [0.15, 0.2) is 0 Å². The highest BCUT2D eigenvalue weighted by Crippen LogP contribution is 2.36. The molecule has 1 N–H and O–H groups in total. The van der Waals surface area contributed by atoms with Crippen molar-refractivity contribution in [1.82, 2.24) is 5.32 Å². The third-order valence-electron chi connectivity index (χ3n) is 5.06. The third-order valence-corrected chi connectivity index (χ3v) is 5.87. The molecule has 0 bridgehead atoms. The molecular formula is C17H24Cl2N2. The SMILES string of the molecule is CC1CNC(C2CCCCC2)CN1c1cccc(Cl)c1Cl. The summed E-state index contributed by atoms with van der Waals surface area (Å²) < 4.78 is 0. The van der Waals surface area contributed by atoms with Gasteiger partial charge in [-0.2, -0.15) is 0 Å². The summed E-state index contributed by atoms with van der Waals surface area (Å²) in [6, 6.07) is 6.97. The van der Waals surface area contributed by atoms with E-state index >= 15 is 0 Å². The van der Waals surface area contributed by atoms with Crippen LogP contribution >= 0.6 is 23.2 Å². The molecule has 0 amide bonds. The predicted octanol–water partition coefficient (Wildman–Crippen LogP) is 4.74. The van der Waals surface area contributed by atoms with Gasteiger partial charge in [0, 0.05) is 25.2 Å². The number of anilines is 1. The fraction of sp³-hybridized carbons (Fsp3) is 0.647. The molecule has 0 aromatic heterocycles. The zero-order valence-electron chi connectivity index (χ0n) is 12.6. The number of benzene rings is 1. The second-order valence-electron chi connectivity index (χ2n) is 6.49. The van der Waals surface area contributed by atoms with Gasteiger partial charge < -0.3 is 10.2 Å². The first kappa shape index (κ1) is 15.5. The predicted molar refractivity (Wildman–Crippen MR) is 91.6 cm³/mol. The van der Waals surface area contributed by atoms with Gasteiger partial charge in [-0.25, -0.2) is 0 Å². The number of rotatable bonds is 2. The molecule has 1 aromatic carbocycles. The minimum absolute atomic E-state index is 0.445. The number of hydrogen-bond acceptors (Lipinski definition) is 2. The van der Waals surface area contributed by atoms with Gasteiger partial charge in [-0.3, -0.25) is 0 Å². The summed E-state index contributed by atoms with van der Waals surface area (Å²) in [5, 5.41) is 5.09. The summed E-state index contributed by atoms with van der Waals surface area (Å²) in [5.41, 5.74) is 1.08. The van der Waals surface area contributed by atoms with E-state index < -0.39 is 0 Å². The van der Waals surface area contributed by atoms with Crippen molar-refractivity contribution < 1.29 is 0 Å². The number of piperazine rings is 1. The fourth-order valence-corrected chi connectivity index (χ4v) is 4.19. The van der Waals surface area contributed by atoms with Crippen LogP contribution in [0.3, 0.4) is 0 Å². The maximum absolute atomic E-state index is 6.43. The monoisotopic (exact) mass is 326 g/mol. The van der Waals surface area contributed by atoms with Crippen molar-refractivity contribution in [1.29, 1.82) is 0 Å². The first-order valence-corrected chi connectivity index (χ1v) is 8.86. The van der Waals surface area contributed by atoms with Crippen molar-refractivity contribution in [2.75, 3.05) is 18.0 Å². The van der Waals surface area contributed by atoms with E-state index in [2.05, 4.69) is 23.2 Å². The average Bonchev–Trinajstić information content (AvgIpc) is 2.52. The number of nitrogens with zero attached hydrogens (tertiary/aromatic N) is 1. The van der Waals surface area contributed by atoms with Gasteiger partial charge in [-0.05, 0) is 37.8 Å². The Hall–Kier alpha value is -0.440. The Morgan fingerprint density at radius 3 is 2.67 bits per heavy atom. The standard InChI is InChI=1S/C17H24Cl2N2/c1-12-10-20-15(13-6-3-2-4-7-13)11-21(12)16-9-5-8-14(18)17(16)19/h5,8-9,12-13,15,20H,2-4,6-7,10-11H2,1H3. The lowest BCUT2D eigenvalue weighted by molar-refractivity contribution is 0.245. The summed E-state index contributed by atoms with van der Waals surface area (Å²) in [6.07, 6.45) is 6.91. The maximum atomic E-state index is 6.43. The van der Waals surface area contributed by atoms with E-state index in [4.69, 9.17) is 23.2 Å². The van der Waals surface area contributed by atoms with Crippen molar-refractivity contribution in [2.45, 2.75) is 51.1 Å². The zero-order chi connectivity index (χ0) is 14.8. The third kappa shape index (κ3) is 3.33. The topological polar surface area (TPSA) is 15.3 Å². The van der Waals surface area contributed by atoms with Crippen LogP contribution in [0.25, 0.3) is 0 Å². The number of nitrogens with one attached hydrogen (secondary N) is 1. The summed E-state index contributed by atoms with van der Waals surface area (Å²) in [7, 11) is 0. The molecule has 21 heavy (non-hydrogen) atoms. The molecule has 1 aliphatic carbocycles. The molecule has 2 unspecified atom stereocenters. The Morgan fingerprint density at radius 2 is 1.90 bits per heavy atom. The van der Waals surface area contributed by atoms with Crippen molar-refractivity contribution in [2.24, 2.45) is 5.92 Å². The minimum atomic E-state index is 0.445. The van der Waals surface area contributed by atoms with Crippen LogP contribution in [0, 0.1) is 5.92 Å². The van der Waals surface area contributed by atoms with E-state index in [1.165, 1.54) is 32.1 Å². The Morgan fingerprint density at radius 1 is 1.14 bits per heavy atom. The van der Waals surface area contributed by atoms with Gasteiger partial charge in [0.2, 0.25) is 0 Å². The normalized spacial score (nSPS) is 27.9. The Kier molecular flexibility index (Phi) is 4.98. The lowest BCUT2D eigenvalue weighted by Crippen LogP contribution is -2.58. The van der Waals surface area contributed by atoms with Crippen LogP contribution < -0.4 is 10.2 Å². The van der Waals surface area contributed by atoms with Crippen molar-refractivity contribution in [3.8, 4) is 0 Å². The van der Waals surface area contributed by atoms with Crippen LogP contribution in [0.4, 0.5) is 5.69 Å². The van der Waals surface area contributed by atoms with Crippen LogP contribution in [0.5, 0.6) is 0 Å². The summed E-state index contributed by atoms with van der Waals surface area (Å²) in [4.78, 5) is 2.43. The van der Waals surface area contributed by atoms with E-state index in [0.717, 1.165) is 24.7 Å². The maximum Gasteiger partial charge on any atom is 0.0825 e. The molecule has 4 heteroatoms. The van der Waals surface area contributed by atoms with Gasteiger partial charge in [-0.15, -0.1) is 0 Å². The van der Waals surface area contributed by atoms with E-state index in [1.54, 1.807) is 0 Å². The Bertz CT molecular complexity index is 486. The highest BCUT2D eigenvalue weighted by molar-refractivity contribution is 6.43. The first-order chi connectivity index (χ1) is 10.2. The summed E-state index contributed by atoms with van der Waals surface area (Å²) in [5.74, 6) is 0.812. The summed E-state index contributed by atoms with van der Waals surface area (Å²) >= 11 is 12.6. The largest absolute Gasteiger partial charge is 0.365 e. The zero-order valence-corrected chi connectivity index (χ0v) is 14.1. The lowest BCUT2D eigenvalue weighted by Gasteiger charge is -2.44. The van der Waals surface area contributed by atoms with Crippen LogP contribution in [-0.2, 0) is 0 Å². The van der Waals surface area contributed by atoms with Gasteiger partial charge in [0.1, 0.15) is 0 Å². The second kappa shape index (κ2) is 6.76. The van der Waals surface area contributed by atoms with Crippen LogP contribution in [0.1, 0.15) is 39.0 Å². The highest BCUT2D eigenvalue weighted by Gasteiger charge is 2.32. The molecule has 2 aliphatic rings. The number of hydrogen-bond donors (Lipinski definition) is 1. The molecule has 0 radical (unpaired) electrons.